The van der Waals surface area contributed by atoms with Crippen LogP contribution in [-0.4, -0.2) is 26.9 Å². The molecule has 3 rings (SSSR count). The third kappa shape index (κ3) is 3.38. The number of carbonyl (C=O) groups excluding carboxylic acids is 1. The lowest BCUT2D eigenvalue weighted by atomic mass is 10.1. The summed E-state index contributed by atoms with van der Waals surface area (Å²) in [5.41, 5.74) is 7.93. The number of aryl methyl sites for hydroxylation is 1. The molecule has 0 bridgehead atoms. The first-order valence-electron chi connectivity index (χ1n) is 8.24. The molecule has 0 unspecified atom stereocenters. The van der Waals surface area contributed by atoms with Crippen molar-refractivity contribution >= 4 is 5.91 Å². The van der Waals surface area contributed by atoms with Gasteiger partial charge >= 0.3 is 0 Å². The maximum absolute atomic E-state index is 12.8. The fourth-order valence-corrected chi connectivity index (χ4v) is 3.18. The summed E-state index contributed by atoms with van der Waals surface area (Å²) in [5, 5.41) is 0. The van der Waals surface area contributed by atoms with Gasteiger partial charge in [-0.25, -0.2) is 4.98 Å². The van der Waals surface area contributed by atoms with Crippen molar-refractivity contribution in [1.29, 1.82) is 0 Å². The van der Waals surface area contributed by atoms with E-state index in [1.54, 1.807) is 0 Å². The van der Waals surface area contributed by atoms with Gasteiger partial charge in [-0.3, -0.25) is 19.1 Å². The minimum Gasteiger partial charge on any atom is -0.368 e. The van der Waals surface area contributed by atoms with E-state index in [0.717, 1.165) is 25.2 Å². The van der Waals surface area contributed by atoms with Crippen LogP contribution in [0.1, 0.15) is 29.6 Å². The van der Waals surface area contributed by atoms with Crippen molar-refractivity contribution in [2.75, 3.05) is 6.54 Å². The second-order valence-corrected chi connectivity index (χ2v) is 6.11. The van der Waals surface area contributed by atoms with E-state index in [1.165, 1.54) is 10.1 Å². The van der Waals surface area contributed by atoms with E-state index < -0.39 is 5.91 Å². The van der Waals surface area contributed by atoms with Crippen LogP contribution in [0.5, 0.6) is 0 Å². The molecular formula is C18H22N4O2. The molecule has 0 atom stereocenters. The number of fused-ring (bicyclic) bond motifs is 1. The standard InChI is InChI=1S/C18H22N4O2/c1-2-17-20-15-8-9-21(10-13-6-4-3-5-7-13)11-14(15)18(24)22(17)12-16(19)23/h3-7H,2,8-12H2,1H3,(H2,19,23). The van der Waals surface area contributed by atoms with Gasteiger partial charge in [0.15, 0.2) is 0 Å². The van der Waals surface area contributed by atoms with E-state index in [4.69, 9.17) is 5.73 Å². The molecule has 1 amide bonds. The number of primary amides is 1. The molecule has 2 aromatic rings. The smallest absolute Gasteiger partial charge is 0.258 e. The molecule has 0 radical (unpaired) electrons. The molecule has 6 nitrogen and oxygen atoms in total. The monoisotopic (exact) mass is 326 g/mol. The summed E-state index contributed by atoms with van der Waals surface area (Å²) in [6.07, 6.45) is 1.35. The van der Waals surface area contributed by atoms with Crippen molar-refractivity contribution in [1.82, 2.24) is 14.5 Å². The number of hydrogen-bond acceptors (Lipinski definition) is 4. The lowest BCUT2D eigenvalue weighted by molar-refractivity contribution is -0.118. The molecule has 0 saturated carbocycles. The van der Waals surface area contributed by atoms with Gasteiger partial charge in [-0.1, -0.05) is 37.3 Å². The van der Waals surface area contributed by atoms with Crippen molar-refractivity contribution in [2.45, 2.75) is 39.4 Å². The predicted octanol–water partition coefficient (Wildman–Crippen LogP) is 0.849. The van der Waals surface area contributed by atoms with Gasteiger partial charge in [-0.05, 0) is 5.56 Å². The Labute approximate surface area is 140 Å². The Hall–Kier alpha value is -2.47. The molecule has 1 aromatic heterocycles. The van der Waals surface area contributed by atoms with Crippen LogP contribution in [0.4, 0.5) is 0 Å². The molecule has 0 spiro atoms. The van der Waals surface area contributed by atoms with Gasteiger partial charge in [0.25, 0.3) is 5.56 Å². The summed E-state index contributed by atoms with van der Waals surface area (Å²) in [4.78, 5) is 31.0. The zero-order valence-electron chi connectivity index (χ0n) is 13.9. The Kier molecular flexibility index (Phi) is 4.76. The van der Waals surface area contributed by atoms with Gasteiger partial charge < -0.3 is 5.73 Å². The quantitative estimate of drug-likeness (QED) is 0.883. The number of amides is 1. The van der Waals surface area contributed by atoms with Crippen LogP contribution in [0.3, 0.4) is 0 Å². The highest BCUT2D eigenvalue weighted by Gasteiger charge is 2.23. The van der Waals surface area contributed by atoms with Crippen LogP contribution < -0.4 is 11.3 Å². The van der Waals surface area contributed by atoms with Gasteiger partial charge in [-0.15, -0.1) is 0 Å². The van der Waals surface area contributed by atoms with Gasteiger partial charge in [0.1, 0.15) is 12.4 Å². The van der Waals surface area contributed by atoms with Gasteiger partial charge in [0.2, 0.25) is 5.91 Å². The van der Waals surface area contributed by atoms with Crippen LogP contribution in [0.2, 0.25) is 0 Å². The first-order chi connectivity index (χ1) is 11.6. The van der Waals surface area contributed by atoms with Crippen LogP contribution >= 0.6 is 0 Å². The summed E-state index contributed by atoms with van der Waals surface area (Å²) in [6, 6.07) is 10.2. The van der Waals surface area contributed by atoms with Crippen molar-refractivity contribution in [3.05, 3.63) is 63.3 Å². The van der Waals surface area contributed by atoms with Crippen molar-refractivity contribution in [3.63, 3.8) is 0 Å². The van der Waals surface area contributed by atoms with E-state index in [9.17, 15) is 9.59 Å². The van der Waals surface area contributed by atoms with Crippen molar-refractivity contribution in [2.24, 2.45) is 5.73 Å². The normalized spacial score (nSPS) is 14.4. The largest absolute Gasteiger partial charge is 0.368 e. The lowest BCUT2D eigenvalue weighted by Gasteiger charge is -2.28. The highest BCUT2D eigenvalue weighted by molar-refractivity contribution is 5.73. The lowest BCUT2D eigenvalue weighted by Crippen LogP contribution is -2.40. The molecule has 1 aliphatic rings. The van der Waals surface area contributed by atoms with Crippen molar-refractivity contribution in [3.8, 4) is 0 Å². The topological polar surface area (TPSA) is 81.2 Å². The van der Waals surface area contributed by atoms with E-state index >= 15 is 0 Å². The SMILES string of the molecule is CCc1nc2c(c(=O)n1CC(N)=O)CN(Cc1ccccc1)CC2. The van der Waals surface area contributed by atoms with Crippen LogP contribution in [0.15, 0.2) is 35.1 Å². The third-order valence-electron chi connectivity index (χ3n) is 4.35. The molecule has 126 valence electrons. The maximum atomic E-state index is 12.8. The first-order valence-corrected chi connectivity index (χ1v) is 8.24. The van der Waals surface area contributed by atoms with Crippen LogP contribution in [-0.2, 0) is 37.3 Å². The predicted molar refractivity (Wildman–Crippen MR) is 91.3 cm³/mol. The molecule has 0 saturated heterocycles. The zero-order chi connectivity index (χ0) is 17.1. The number of benzene rings is 1. The molecule has 2 N–H and O–H groups in total. The number of rotatable bonds is 5. The number of aromatic nitrogens is 2. The Bertz CT molecular complexity index is 799. The Balaban J connectivity index is 1.90. The zero-order valence-corrected chi connectivity index (χ0v) is 13.9. The number of nitrogens with two attached hydrogens (primary N) is 1. The molecular weight excluding hydrogens is 304 g/mol. The first kappa shape index (κ1) is 16.4. The molecule has 24 heavy (non-hydrogen) atoms. The van der Waals surface area contributed by atoms with E-state index in [0.29, 0.717) is 24.4 Å². The van der Waals surface area contributed by atoms with Gasteiger partial charge in [0.05, 0.1) is 11.3 Å². The minimum atomic E-state index is -0.523. The maximum Gasteiger partial charge on any atom is 0.258 e. The second kappa shape index (κ2) is 6.97. The Morgan fingerprint density at radius 3 is 2.71 bits per heavy atom. The van der Waals surface area contributed by atoms with Gasteiger partial charge in [0, 0.05) is 32.5 Å². The molecule has 1 aromatic carbocycles. The third-order valence-corrected chi connectivity index (χ3v) is 4.35. The van der Waals surface area contributed by atoms with Crippen LogP contribution in [0, 0.1) is 0 Å². The molecule has 0 fully saturated rings. The van der Waals surface area contributed by atoms with Crippen molar-refractivity contribution < 1.29 is 4.79 Å². The van der Waals surface area contributed by atoms with E-state index in [1.807, 2.05) is 25.1 Å². The molecule has 0 aliphatic carbocycles. The highest BCUT2D eigenvalue weighted by atomic mass is 16.2. The Morgan fingerprint density at radius 2 is 2.04 bits per heavy atom. The van der Waals surface area contributed by atoms with E-state index in [-0.39, 0.29) is 12.1 Å². The Morgan fingerprint density at radius 1 is 1.29 bits per heavy atom. The summed E-state index contributed by atoms with van der Waals surface area (Å²) >= 11 is 0. The summed E-state index contributed by atoms with van der Waals surface area (Å²) < 4.78 is 1.42. The molecule has 2 heterocycles. The fraction of sp³-hybridized carbons (Fsp3) is 0.389. The minimum absolute atomic E-state index is 0.110. The number of carbonyl (C=O) groups is 1. The second-order valence-electron chi connectivity index (χ2n) is 6.11. The summed E-state index contributed by atoms with van der Waals surface area (Å²) in [5.74, 6) is 0.111. The summed E-state index contributed by atoms with van der Waals surface area (Å²) in [6.45, 7) is 4.04. The van der Waals surface area contributed by atoms with Gasteiger partial charge in [-0.2, -0.15) is 0 Å². The molecule has 1 aliphatic heterocycles. The highest BCUT2D eigenvalue weighted by Crippen LogP contribution is 2.17. The molecule has 6 heteroatoms. The fourth-order valence-electron chi connectivity index (χ4n) is 3.18. The average molecular weight is 326 g/mol. The number of nitrogens with zero attached hydrogens (tertiary/aromatic N) is 3. The van der Waals surface area contributed by atoms with Crippen LogP contribution in [0.25, 0.3) is 0 Å². The number of hydrogen-bond donors (Lipinski definition) is 1. The summed E-state index contributed by atoms with van der Waals surface area (Å²) in [7, 11) is 0. The average Bonchev–Trinajstić information content (AvgIpc) is 2.58. The van der Waals surface area contributed by atoms with E-state index in [2.05, 4.69) is 22.0 Å².